The van der Waals surface area contributed by atoms with Crippen LogP contribution in [-0.2, 0) is 9.84 Å². The van der Waals surface area contributed by atoms with Crippen molar-refractivity contribution in [2.45, 2.75) is 11.8 Å². The fraction of sp³-hybridized carbons (Fsp3) is 0.133. The van der Waals surface area contributed by atoms with Crippen molar-refractivity contribution >= 4 is 44.6 Å². The van der Waals surface area contributed by atoms with Crippen LogP contribution in [0.4, 0.5) is 5.69 Å². The first kappa shape index (κ1) is 17.6. The summed E-state index contributed by atoms with van der Waals surface area (Å²) in [6, 6.07) is 7.99. The number of carbonyl (C=O) groups excluding carboxylic acids is 1. The second-order valence-corrected chi connectivity index (χ2v) is 7.85. The Morgan fingerprint density at radius 1 is 1.13 bits per heavy atom. The number of rotatable bonds is 4. The van der Waals surface area contributed by atoms with E-state index in [4.69, 9.17) is 23.2 Å². The van der Waals surface area contributed by atoms with E-state index in [2.05, 4.69) is 5.32 Å². The van der Waals surface area contributed by atoms with Crippen molar-refractivity contribution < 1.29 is 18.3 Å². The number of benzene rings is 2. The van der Waals surface area contributed by atoms with E-state index in [1.54, 1.807) is 0 Å². The van der Waals surface area contributed by atoms with Crippen molar-refractivity contribution in [2.75, 3.05) is 11.1 Å². The zero-order chi connectivity index (χ0) is 17.2. The molecule has 0 fully saturated rings. The minimum absolute atomic E-state index is 0.0113. The van der Waals surface area contributed by atoms with Gasteiger partial charge in [-0.1, -0.05) is 30.1 Å². The molecule has 0 aliphatic carbocycles. The third-order valence-corrected chi connectivity index (χ3v) is 5.25. The lowest BCUT2D eigenvalue weighted by Crippen LogP contribution is -2.13. The van der Waals surface area contributed by atoms with E-state index in [9.17, 15) is 18.3 Å². The fourth-order valence-corrected chi connectivity index (χ4v) is 3.29. The monoisotopic (exact) mass is 373 g/mol. The molecule has 1 amide bonds. The quantitative estimate of drug-likeness (QED) is 0.799. The number of aromatic hydroxyl groups is 1. The highest BCUT2D eigenvalue weighted by Crippen LogP contribution is 2.28. The molecule has 0 saturated carbocycles. The average molecular weight is 374 g/mol. The molecular weight excluding hydrogens is 361 g/mol. The van der Waals surface area contributed by atoms with Gasteiger partial charge in [0.2, 0.25) is 0 Å². The normalized spacial score (nSPS) is 11.3. The van der Waals surface area contributed by atoms with Gasteiger partial charge < -0.3 is 10.4 Å². The maximum absolute atomic E-state index is 12.2. The van der Waals surface area contributed by atoms with Crippen LogP contribution < -0.4 is 5.32 Å². The molecule has 5 nitrogen and oxygen atoms in total. The van der Waals surface area contributed by atoms with E-state index in [0.29, 0.717) is 0 Å². The summed E-state index contributed by atoms with van der Waals surface area (Å²) in [7, 11) is -3.46. The van der Waals surface area contributed by atoms with Gasteiger partial charge in [-0.15, -0.1) is 0 Å². The molecule has 0 aliphatic heterocycles. The molecule has 2 rings (SSSR count). The number of sulfone groups is 1. The number of phenolic OH excluding ortho intramolecular Hbond substituents is 1. The van der Waals surface area contributed by atoms with E-state index in [-0.39, 0.29) is 37.7 Å². The van der Waals surface area contributed by atoms with Crippen molar-refractivity contribution in [3.8, 4) is 5.75 Å². The molecule has 0 aromatic heterocycles. The summed E-state index contributed by atoms with van der Waals surface area (Å²) in [6.07, 6.45) is 0. The van der Waals surface area contributed by atoms with Crippen molar-refractivity contribution in [1.29, 1.82) is 0 Å². The molecule has 2 aromatic carbocycles. The van der Waals surface area contributed by atoms with Crippen LogP contribution in [0.3, 0.4) is 0 Å². The Hall–Kier alpha value is -1.76. The SMILES string of the molecule is CCS(=O)(=O)c1ccc(O)c(NC(=O)c2cc(Cl)cc(Cl)c2)c1. The summed E-state index contributed by atoms with van der Waals surface area (Å²) in [5, 5.41) is 12.8. The van der Waals surface area contributed by atoms with Crippen molar-refractivity contribution in [3.05, 3.63) is 52.0 Å². The number of hydrogen-bond acceptors (Lipinski definition) is 4. The number of phenols is 1. The van der Waals surface area contributed by atoms with E-state index < -0.39 is 15.7 Å². The van der Waals surface area contributed by atoms with Crippen molar-refractivity contribution in [3.63, 3.8) is 0 Å². The molecule has 0 atom stereocenters. The van der Waals surface area contributed by atoms with Gasteiger partial charge in [0, 0.05) is 15.6 Å². The maximum Gasteiger partial charge on any atom is 0.255 e. The van der Waals surface area contributed by atoms with E-state index >= 15 is 0 Å². The minimum atomic E-state index is -3.46. The van der Waals surface area contributed by atoms with Crippen molar-refractivity contribution in [1.82, 2.24) is 0 Å². The predicted octanol–water partition coefficient (Wildman–Crippen LogP) is 3.74. The lowest BCUT2D eigenvalue weighted by Gasteiger charge is -2.10. The first-order valence-corrected chi connectivity index (χ1v) is 8.97. The molecule has 122 valence electrons. The summed E-state index contributed by atoms with van der Waals surface area (Å²) >= 11 is 11.7. The van der Waals surface area contributed by atoms with Gasteiger partial charge in [-0.25, -0.2) is 8.42 Å². The first-order valence-electron chi connectivity index (χ1n) is 6.56. The molecule has 0 radical (unpaired) electrons. The molecule has 23 heavy (non-hydrogen) atoms. The second-order valence-electron chi connectivity index (χ2n) is 4.69. The molecule has 0 heterocycles. The van der Waals surface area contributed by atoms with Crippen LogP contribution >= 0.6 is 23.2 Å². The van der Waals surface area contributed by atoms with Gasteiger partial charge in [0.1, 0.15) is 5.75 Å². The lowest BCUT2D eigenvalue weighted by atomic mass is 10.2. The summed E-state index contributed by atoms with van der Waals surface area (Å²) in [4.78, 5) is 12.2. The Morgan fingerprint density at radius 3 is 2.30 bits per heavy atom. The van der Waals surface area contributed by atoms with Crippen molar-refractivity contribution in [2.24, 2.45) is 0 Å². The van der Waals surface area contributed by atoms with Gasteiger partial charge in [0.05, 0.1) is 16.3 Å². The van der Waals surface area contributed by atoms with Gasteiger partial charge in [-0.05, 0) is 36.4 Å². The van der Waals surface area contributed by atoms with E-state index in [0.717, 1.165) is 0 Å². The summed E-state index contributed by atoms with van der Waals surface area (Å²) in [6.45, 7) is 1.51. The van der Waals surface area contributed by atoms with E-state index in [1.165, 1.54) is 43.3 Å². The molecule has 0 bridgehead atoms. The topological polar surface area (TPSA) is 83.5 Å². The van der Waals surface area contributed by atoms with Crippen LogP contribution in [0.25, 0.3) is 0 Å². The smallest absolute Gasteiger partial charge is 0.255 e. The van der Waals surface area contributed by atoms with Gasteiger partial charge in [0.15, 0.2) is 9.84 Å². The first-order chi connectivity index (χ1) is 10.7. The zero-order valence-electron chi connectivity index (χ0n) is 12.0. The fourth-order valence-electron chi connectivity index (χ4n) is 1.85. The minimum Gasteiger partial charge on any atom is -0.506 e. The highest BCUT2D eigenvalue weighted by atomic mass is 35.5. The maximum atomic E-state index is 12.2. The van der Waals surface area contributed by atoms with E-state index in [1.807, 2.05) is 0 Å². The Morgan fingerprint density at radius 2 is 1.74 bits per heavy atom. The third-order valence-electron chi connectivity index (χ3n) is 3.08. The van der Waals surface area contributed by atoms with Crippen LogP contribution in [0.15, 0.2) is 41.3 Å². The predicted molar refractivity (Wildman–Crippen MR) is 90.2 cm³/mol. The molecular formula is C15H13Cl2NO4S. The molecule has 0 unspecified atom stereocenters. The number of halogens is 2. The van der Waals surface area contributed by atoms with Crippen LogP contribution in [0, 0.1) is 0 Å². The van der Waals surface area contributed by atoms with Gasteiger partial charge in [-0.3, -0.25) is 4.79 Å². The Kier molecular flexibility index (Phi) is 5.19. The summed E-state index contributed by atoms with van der Waals surface area (Å²) < 4.78 is 23.8. The van der Waals surface area contributed by atoms with Gasteiger partial charge >= 0.3 is 0 Å². The Balaban J connectivity index is 2.36. The highest BCUT2D eigenvalue weighted by Gasteiger charge is 2.16. The molecule has 0 spiro atoms. The number of anilines is 1. The molecule has 2 aromatic rings. The largest absolute Gasteiger partial charge is 0.506 e. The Bertz CT molecular complexity index is 846. The van der Waals surface area contributed by atoms with Crippen LogP contribution in [0.2, 0.25) is 10.0 Å². The zero-order valence-corrected chi connectivity index (χ0v) is 14.3. The van der Waals surface area contributed by atoms with Gasteiger partial charge in [0.25, 0.3) is 5.91 Å². The van der Waals surface area contributed by atoms with Crippen LogP contribution in [0.1, 0.15) is 17.3 Å². The number of carbonyl (C=O) groups is 1. The summed E-state index contributed by atoms with van der Waals surface area (Å²) in [5.41, 5.74) is 0.172. The molecule has 2 N–H and O–H groups in total. The Labute approximate surface area is 143 Å². The molecule has 8 heteroatoms. The lowest BCUT2D eigenvalue weighted by molar-refractivity contribution is 0.102. The molecule has 0 aliphatic rings. The van der Waals surface area contributed by atoms with Crippen LogP contribution in [-0.4, -0.2) is 25.2 Å². The summed E-state index contributed by atoms with van der Waals surface area (Å²) in [5.74, 6) is -0.910. The van der Waals surface area contributed by atoms with Gasteiger partial charge in [-0.2, -0.15) is 0 Å². The standard InChI is InChI=1S/C15H13Cl2NO4S/c1-2-23(21,22)12-3-4-14(19)13(8-12)18-15(20)9-5-10(16)7-11(17)6-9/h3-8,19H,2H2,1H3,(H,18,20). The molecule has 0 saturated heterocycles. The van der Waals surface area contributed by atoms with Crippen LogP contribution in [0.5, 0.6) is 5.75 Å². The number of hydrogen-bond donors (Lipinski definition) is 2. The third kappa shape index (κ3) is 4.16. The second kappa shape index (κ2) is 6.78. The number of nitrogens with one attached hydrogen (secondary N) is 1. The number of amides is 1. The average Bonchev–Trinajstić information content (AvgIpc) is 2.48. The highest BCUT2D eigenvalue weighted by molar-refractivity contribution is 7.91.